The monoisotopic (exact) mass is 357 g/mol. The molecule has 0 atom stereocenters. The number of aromatic carboxylic acids is 1. The van der Waals surface area contributed by atoms with Crippen molar-refractivity contribution in [1.29, 1.82) is 0 Å². The number of aromatic hydroxyl groups is 1. The molecule has 5 heteroatoms. The third kappa shape index (κ3) is 1.85. The van der Waals surface area contributed by atoms with Crippen LogP contribution in [0.4, 0.5) is 0 Å². The number of halogens is 1. The van der Waals surface area contributed by atoms with E-state index < -0.39 is 5.97 Å². The number of benzene rings is 2. The standard InChI is InChI=1S/C17H12BrNO3/c18-9-2-4-14-12(6-9)10-3-1-8-5-13(17(21)22)15(20)7-11(8)16(10)19-14/h2,4-7,19-20H,1,3H2,(H,21,22). The van der Waals surface area contributed by atoms with E-state index in [4.69, 9.17) is 5.11 Å². The first-order valence-corrected chi connectivity index (χ1v) is 7.73. The molecule has 0 saturated carbocycles. The number of carboxylic acids is 1. The third-order valence-electron chi connectivity index (χ3n) is 4.23. The normalized spacial score (nSPS) is 13.0. The number of hydrogen-bond acceptors (Lipinski definition) is 2. The van der Waals surface area contributed by atoms with Crippen molar-refractivity contribution in [3.8, 4) is 17.0 Å². The molecule has 22 heavy (non-hydrogen) atoms. The summed E-state index contributed by atoms with van der Waals surface area (Å²) >= 11 is 3.49. The smallest absolute Gasteiger partial charge is 0.339 e. The summed E-state index contributed by atoms with van der Waals surface area (Å²) in [7, 11) is 0. The number of rotatable bonds is 1. The van der Waals surface area contributed by atoms with Crippen molar-refractivity contribution in [2.24, 2.45) is 0 Å². The van der Waals surface area contributed by atoms with Gasteiger partial charge in [0.05, 0.1) is 5.69 Å². The molecule has 110 valence electrons. The molecule has 1 heterocycles. The van der Waals surface area contributed by atoms with Gasteiger partial charge in [0.15, 0.2) is 0 Å². The molecule has 0 bridgehead atoms. The van der Waals surface area contributed by atoms with E-state index in [0.717, 1.165) is 45.0 Å². The van der Waals surface area contributed by atoms with E-state index >= 15 is 0 Å². The third-order valence-corrected chi connectivity index (χ3v) is 4.73. The van der Waals surface area contributed by atoms with Crippen LogP contribution in [0.1, 0.15) is 21.5 Å². The van der Waals surface area contributed by atoms with Crippen LogP contribution < -0.4 is 0 Å². The zero-order valence-corrected chi connectivity index (χ0v) is 13.1. The minimum Gasteiger partial charge on any atom is -0.507 e. The summed E-state index contributed by atoms with van der Waals surface area (Å²) in [6.07, 6.45) is 1.62. The largest absolute Gasteiger partial charge is 0.507 e. The number of carbonyl (C=O) groups is 1. The van der Waals surface area contributed by atoms with E-state index in [9.17, 15) is 9.90 Å². The molecule has 0 aliphatic heterocycles. The lowest BCUT2D eigenvalue weighted by Crippen LogP contribution is -2.06. The van der Waals surface area contributed by atoms with Crippen LogP contribution in [0.2, 0.25) is 0 Å². The fourth-order valence-corrected chi connectivity index (χ4v) is 3.57. The van der Waals surface area contributed by atoms with Crippen molar-refractivity contribution < 1.29 is 15.0 Å². The molecule has 2 aromatic carbocycles. The minimum absolute atomic E-state index is 0.0407. The van der Waals surface area contributed by atoms with Gasteiger partial charge in [-0.15, -0.1) is 0 Å². The van der Waals surface area contributed by atoms with Gasteiger partial charge in [-0.1, -0.05) is 15.9 Å². The maximum Gasteiger partial charge on any atom is 0.339 e. The number of phenols is 1. The number of aromatic amines is 1. The molecule has 1 aliphatic carbocycles. The van der Waals surface area contributed by atoms with Crippen molar-refractivity contribution in [3.05, 3.63) is 51.5 Å². The Bertz CT molecular complexity index is 943. The van der Waals surface area contributed by atoms with Crippen molar-refractivity contribution in [2.45, 2.75) is 12.8 Å². The Kier molecular flexibility index (Phi) is 2.81. The van der Waals surface area contributed by atoms with Crippen LogP contribution in [-0.4, -0.2) is 21.2 Å². The lowest BCUT2D eigenvalue weighted by Gasteiger charge is -2.18. The summed E-state index contributed by atoms with van der Waals surface area (Å²) in [6.45, 7) is 0. The van der Waals surface area contributed by atoms with E-state index in [2.05, 4.69) is 27.0 Å². The zero-order chi connectivity index (χ0) is 15.4. The molecule has 1 aromatic heterocycles. The van der Waals surface area contributed by atoms with Gasteiger partial charge in [-0.3, -0.25) is 0 Å². The number of H-pyrrole nitrogens is 1. The molecule has 3 aromatic rings. The van der Waals surface area contributed by atoms with Gasteiger partial charge in [0.25, 0.3) is 0 Å². The molecule has 0 radical (unpaired) electrons. The lowest BCUT2D eigenvalue weighted by atomic mass is 9.87. The van der Waals surface area contributed by atoms with Crippen molar-refractivity contribution >= 4 is 32.8 Å². The van der Waals surface area contributed by atoms with Gasteiger partial charge in [0.2, 0.25) is 0 Å². The first-order chi connectivity index (χ1) is 10.5. The highest BCUT2D eigenvalue weighted by Crippen LogP contribution is 2.40. The summed E-state index contributed by atoms with van der Waals surface area (Å²) in [6, 6.07) is 9.22. The highest BCUT2D eigenvalue weighted by Gasteiger charge is 2.23. The Labute approximate surface area is 134 Å². The molecule has 4 rings (SSSR count). The fraction of sp³-hybridized carbons (Fsp3) is 0.118. The highest BCUT2D eigenvalue weighted by molar-refractivity contribution is 9.10. The number of carboxylic acid groups (broad SMARTS) is 1. The van der Waals surface area contributed by atoms with E-state index in [1.165, 1.54) is 5.56 Å². The maximum absolute atomic E-state index is 11.2. The lowest BCUT2D eigenvalue weighted by molar-refractivity contribution is 0.0693. The number of hydrogen-bond donors (Lipinski definition) is 3. The van der Waals surface area contributed by atoms with Crippen LogP contribution in [-0.2, 0) is 12.8 Å². The van der Waals surface area contributed by atoms with E-state index in [1.807, 2.05) is 12.1 Å². The van der Waals surface area contributed by atoms with E-state index in [1.54, 1.807) is 12.1 Å². The Hall–Kier alpha value is -2.27. The van der Waals surface area contributed by atoms with Crippen LogP contribution in [0.5, 0.6) is 5.75 Å². The zero-order valence-electron chi connectivity index (χ0n) is 11.5. The summed E-state index contributed by atoms with van der Waals surface area (Å²) in [5, 5.41) is 20.3. The SMILES string of the molecule is O=C(O)c1cc2c(cc1O)-c1[nH]c3ccc(Br)cc3c1CC2. The molecule has 0 saturated heterocycles. The first-order valence-electron chi connectivity index (χ1n) is 6.94. The number of aryl methyl sites for hydroxylation is 2. The van der Waals surface area contributed by atoms with Crippen LogP contribution in [0.15, 0.2) is 34.8 Å². The van der Waals surface area contributed by atoms with Gasteiger partial charge in [-0.25, -0.2) is 4.79 Å². The minimum atomic E-state index is -1.10. The average molecular weight is 358 g/mol. The number of nitrogens with one attached hydrogen (secondary N) is 1. The Morgan fingerprint density at radius 1 is 1.18 bits per heavy atom. The average Bonchev–Trinajstić information content (AvgIpc) is 2.84. The molecular formula is C17H12BrNO3. The molecule has 1 aliphatic rings. The van der Waals surface area contributed by atoms with Crippen LogP contribution >= 0.6 is 15.9 Å². The van der Waals surface area contributed by atoms with Crippen LogP contribution in [0, 0.1) is 0 Å². The second-order valence-corrected chi connectivity index (χ2v) is 6.42. The summed E-state index contributed by atoms with van der Waals surface area (Å²) in [5.41, 5.74) is 5.03. The highest BCUT2D eigenvalue weighted by atomic mass is 79.9. The number of aromatic nitrogens is 1. The predicted octanol–water partition coefficient (Wildman–Crippen LogP) is 4.10. The molecule has 0 fully saturated rings. The first kappa shape index (κ1) is 13.4. The van der Waals surface area contributed by atoms with Crippen molar-refractivity contribution in [2.75, 3.05) is 0 Å². The summed E-state index contributed by atoms with van der Waals surface area (Å²) < 4.78 is 1.02. The Morgan fingerprint density at radius 2 is 2.00 bits per heavy atom. The molecule has 4 nitrogen and oxygen atoms in total. The quantitative estimate of drug-likeness (QED) is 0.613. The molecule has 0 spiro atoms. The molecular weight excluding hydrogens is 346 g/mol. The fourth-order valence-electron chi connectivity index (χ4n) is 3.21. The van der Waals surface area contributed by atoms with E-state index in [0.29, 0.717) is 0 Å². The van der Waals surface area contributed by atoms with Crippen molar-refractivity contribution in [3.63, 3.8) is 0 Å². The number of fused-ring (bicyclic) bond motifs is 5. The molecule has 0 unspecified atom stereocenters. The van der Waals surface area contributed by atoms with Gasteiger partial charge in [-0.2, -0.15) is 0 Å². The summed E-state index contributed by atoms with van der Waals surface area (Å²) in [4.78, 5) is 14.6. The van der Waals surface area contributed by atoms with Crippen molar-refractivity contribution in [1.82, 2.24) is 4.98 Å². The predicted molar refractivity (Wildman–Crippen MR) is 87.5 cm³/mol. The van der Waals surface area contributed by atoms with E-state index in [-0.39, 0.29) is 11.3 Å². The van der Waals surface area contributed by atoms with Gasteiger partial charge in [0, 0.05) is 20.9 Å². The van der Waals surface area contributed by atoms with Gasteiger partial charge < -0.3 is 15.2 Å². The maximum atomic E-state index is 11.2. The Morgan fingerprint density at radius 3 is 2.77 bits per heavy atom. The van der Waals surface area contributed by atoms with Crippen LogP contribution in [0.3, 0.4) is 0 Å². The van der Waals surface area contributed by atoms with Gasteiger partial charge >= 0.3 is 5.97 Å². The molecule has 0 amide bonds. The van der Waals surface area contributed by atoms with Crippen LogP contribution in [0.25, 0.3) is 22.2 Å². The van der Waals surface area contributed by atoms with Gasteiger partial charge in [-0.05, 0) is 54.3 Å². The summed E-state index contributed by atoms with van der Waals surface area (Å²) in [5.74, 6) is -1.30. The second-order valence-electron chi connectivity index (χ2n) is 5.50. The Balaban J connectivity index is 1.99. The topological polar surface area (TPSA) is 73.3 Å². The van der Waals surface area contributed by atoms with Gasteiger partial charge in [0.1, 0.15) is 11.3 Å². The molecule has 3 N–H and O–H groups in total. The second kappa shape index (κ2) is 4.61.